The third-order valence-electron chi connectivity index (χ3n) is 1.22. The van der Waals surface area contributed by atoms with E-state index in [0.717, 1.165) is 6.20 Å². The molecule has 0 atom stereocenters. The summed E-state index contributed by atoms with van der Waals surface area (Å²) in [5.41, 5.74) is -0.197. The van der Waals surface area contributed by atoms with E-state index in [0.29, 0.717) is 0 Å². The molecule has 3 nitrogen and oxygen atoms in total. The molecule has 1 rings (SSSR count). The van der Waals surface area contributed by atoms with Gasteiger partial charge in [-0.25, -0.2) is 0 Å². The molecule has 0 saturated heterocycles. The number of aromatic nitrogens is 2. The number of Topliss-reactive ketones (excluding diaryl/α,β-unsaturated/α-hetero) is 1. The molecule has 1 heterocycles. The summed E-state index contributed by atoms with van der Waals surface area (Å²) in [4.78, 5) is 10.7. The molecule has 0 aliphatic carbocycles. The van der Waals surface area contributed by atoms with Crippen molar-refractivity contribution in [2.24, 2.45) is 7.05 Å². The van der Waals surface area contributed by atoms with Crippen molar-refractivity contribution in [1.29, 1.82) is 0 Å². The molecular weight excluding hydrogens is 190 g/mol. The first-order valence-electron chi connectivity index (χ1n) is 3.01. The van der Waals surface area contributed by atoms with E-state index in [1.807, 2.05) is 0 Å². The molecule has 0 saturated carbocycles. The van der Waals surface area contributed by atoms with Crippen molar-refractivity contribution in [2.75, 3.05) is 0 Å². The number of aryl methyl sites for hydroxylation is 1. The summed E-state index contributed by atoms with van der Waals surface area (Å²) in [5.74, 6) is -1.43. The molecule has 0 N–H and O–H groups in total. The first kappa shape index (κ1) is 9.12. The van der Waals surface area contributed by atoms with Gasteiger partial charge in [-0.3, -0.25) is 9.48 Å². The number of ketones is 1. The number of carbonyl (C=O) groups excluding carboxylic acids is 1. The van der Waals surface area contributed by atoms with Crippen LogP contribution >= 0.6 is 11.6 Å². The minimum absolute atomic E-state index is 0.197. The summed E-state index contributed by atoms with van der Waals surface area (Å²) in [6.45, 7) is 0. The summed E-state index contributed by atoms with van der Waals surface area (Å²) in [6.07, 6.45) is 2.22. The number of hydrogen-bond acceptors (Lipinski definition) is 2. The molecule has 1 aromatic heterocycles. The fourth-order valence-electron chi connectivity index (χ4n) is 0.702. The van der Waals surface area contributed by atoms with E-state index in [4.69, 9.17) is 0 Å². The van der Waals surface area contributed by atoms with Gasteiger partial charge in [0.05, 0.1) is 11.8 Å². The second-order valence-corrected chi connectivity index (χ2v) is 2.70. The minimum Gasteiger partial charge on any atom is -0.286 e. The monoisotopic (exact) mass is 194 g/mol. The molecule has 0 aromatic carbocycles. The van der Waals surface area contributed by atoms with E-state index in [1.54, 1.807) is 0 Å². The molecule has 1 aromatic rings. The third-order valence-corrected chi connectivity index (χ3v) is 1.40. The van der Waals surface area contributed by atoms with E-state index in [2.05, 4.69) is 16.7 Å². The van der Waals surface area contributed by atoms with E-state index >= 15 is 0 Å². The number of nitrogens with zero attached hydrogens (tertiary/aromatic N) is 2. The van der Waals surface area contributed by atoms with Crippen LogP contribution in [0.2, 0.25) is 0 Å². The quantitative estimate of drug-likeness (QED) is 0.527. The lowest BCUT2D eigenvalue weighted by Crippen LogP contribution is -2.20. The summed E-state index contributed by atoms with van der Waals surface area (Å²) in [7, 11) is 1.52. The Hall–Kier alpha value is -0.970. The zero-order valence-corrected chi connectivity index (χ0v) is 6.85. The summed E-state index contributed by atoms with van der Waals surface area (Å²) >= 11 is 4.51. The normalized spacial score (nSPS) is 11.7. The SMILES string of the molecule is Cn1cc(C(=O)C(F)(F)Cl)cn1. The summed E-state index contributed by atoms with van der Waals surface area (Å²) in [5, 5.41) is -0.289. The predicted octanol–water partition coefficient (Wildman–Crippen LogP) is 1.43. The highest BCUT2D eigenvalue weighted by molar-refractivity contribution is 6.35. The molecule has 0 radical (unpaired) electrons. The number of carbonyl (C=O) groups is 1. The number of rotatable bonds is 2. The van der Waals surface area contributed by atoms with Crippen LogP contribution in [-0.4, -0.2) is 20.9 Å². The van der Waals surface area contributed by atoms with Gasteiger partial charge in [-0.2, -0.15) is 13.9 Å². The number of halogens is 3. The highest BCUT2D eigenvalue weighted by atomic mass is 35.5. The fourth-order valence-corrected chi connectivity index (χ4v) is 0.811. The third kappa shape index (κ3) is 1.79. The number of hydrogen-bond donors (Lipinski definition) is 0. The van der Waals surface area contributed by atoms with E-state index < -0.39 is 11.2 Å². The zero-order valence-electron chi connectivity index (χ0n) is 6.09. The Bertz CT molecular complexity index is 305. The maximum absolute atomic E-state index is 12.2. The molecule has 12 heavy (non-hydrogen) atoms. The fraction of sp³-hybridized carbons (Fsp3) is 0.333. The second kappa shape index (κ2) is 2.82. The summed E-state index contributed by atoms with van der Waals surface area (Å²) in [6, 6.07) is 0. The molecule has 0 spiro atoms. The Kier molecular flexibility index (Phi) is 2.14. The second-order valence-electron chi connectivity index (χ2n) is 2.23. The van der Waals surface area contributed by atoms with Crippen molar-refractivity contribution < 1.29 is 13.6 Å². The van der Waals surface area contributed by atoms with Gasteiger partial charge in [0.15, 0.2) is 0 Å². The first-order chi connectivity index (χ1) is 5.41. The van der Waals surface area contributed by atoms with E-state index in [-0.39, 0.29) is 5.56 Å². The molecule has 0 bridgehead atoms. The summed E-state index contributed by atoms with van der Waals surface area (Å²) < 4.78 is 25.6. The molecule has 0 amide bonds. The zero-order chi connectivity index (χ0) is 9.35. The maximum Gasteiger partial charge on any atom is 0.385 e. The minimum atomic E-state index is -3.84. The van der Waals surface area contributed by atoms with Crippen molar-refractivity contribution >= 4 is 17.4 Å². The van der Waals surface area contributed by atoms with Crippen LogP contribution in [0.15, 0.2) is 12.4 Å². The molecule has 66 valence electrons. The van der Waals surface area contributed by atoms with Gasteiger partial charge < -0.3 is 0 Å². The Balaban J connectivity index is 2.93. The largest absolute Gasteiger partial charge is 0.385 e. The van der Waals surface area contributed by atoms with Crippen LogP contribution in [0.5, 0.6) is 0 Å². The van der Waals surface area contributed by atoms with Crippen molar-refractivity contribution in [2.45, 2.75) is 5.38 Å². The van der Waals surface area contributed by atoms with Crippen molar-refractivity contribution in [3.05, 3.63) is 18.0 Å². The van der Waals surface area contributed by atoms with Crippen LogP contribution in [0, 0.1) is 0 Å². The van der Waals surface area contributed by atoms with Gasteiger partial charge >= 0.3 is 5.38 Å². The Morgan fingerprint density at radius 2 is 2.33 bits per heavy atom. The molecule has 0 fully saturated rings. The lowest BCUT2D eigenvalue weighted by atomic mass is 10.2. The lowest BCUT2D eigenvalue weighted by Gasteiger charge is -2.02. The van der Waals surface area contributed by atoms with Gasteiger partial charge in [-0.05, 0) is 11.6 Å². The number of alkyl halides is 3. The van der Waals surface area contributed by atoms with Gasteiger partial charge in [-0.15, -0.1) is 0 Å². The van der Waals surface area contributed by atoms with Crippen LogP contribution in [0.3, 0.4) is 0 Å². The maximum atomic E-state index is 12.2. The highest BCUT2D eigenvalue weighted by Crippen LogP contribution is 2.23. The van der Waals surface area contributed by atoms with Gasteiger partial charge in [0.1, 0.15) is 0 Å². The first-order valence-corrected chi connectivity index (χ1v) is 3.39. The smallest absolute Gasteiger partial charge is 0.286 e. The standard InChI is InChI=1S/C6H5ClF2N2O/c1-11-3-4(2-10-11)5(12)6(7,8)9/h2-3H,1H3. The van der Waals surface area contributed by atoms with Crippen LogP contribution in [0.25, 0.3) is 0 Å². The average molecular weight is 195 g/mol. The molecular formula is C6H5ClF2N2O. The van der Waals surface area contributed by atoms with Gasteiger partial charge in [-0.1, -0.05) is 0 Å². The Morgan fingerprint density at radius 3 is 2.67 bits per heavy atom. The van der Waals surface area contributed by atoms with E-state index in [1.165, 1.54) is 17.9 Å². The Morgan fingerprint density at radius 1 is 1.75 bits per heavy atom. The molecule has 0 aliphatic heterocycles. The van der Waals surface area contributed by atoms with E-state index in [9.17, 15) is 13.6 Å². The molecule has 0 unspecified atom stereocenters. The van der Waals surface area contributed by atoms with Crippen LogP contribution in [0.4, 0.5) is 8.78 Å². The highest BCUT2D eigenvalue weighted by Gasteiger charge is 2.37. The Labute approximate surface area is 71.9 Å². The molecule has 0 aliphatic rings. The van der Waals surface area contributed by atoms with Gasteiger partial charge in [0, 0.05) is 13.2 Å². The topological polar surface area (TPSA) is 34.9 Å². The average Bonchev–Trinajstić information content (AvgIpc) is 2.32. The van der Waals surface area contributed by atoms with Crippen molar-refractivity contribution in [3.8, 4) is 0 Å². The lowest BCUT2D eigenvalue weighted by molar-refractivity contribution is 0.0536. The van der Waals surface area contributed by atoms with Crippen LogP contribution < -0.4 is 0 Å². The predicted molar refractivity (Wildman–Crippen MR) is 38.3 cm³/mol. The van der Waals surface area contributed by atoms with Gasteiger partial charge in [0.25, 0.3) is 5.78 Å². The molecule has 6 heteroatoms. The van der Waals surface area contributed by atoms with Crippen LogP contribution in [-0.2, 0) is 7.05 Å². The van der Waals surface area contributed by atoms with Crippen molar-refractivity contribution in [1.82, 2.24) is 9.78 Å². The van der Waals surface area contributed by atoms with Crippen LogP contribution in [0.1, 0.15) is 10.4 Å². The van der Waals surface area contributed by atoms with Gasteiger partial charge in [0.2, 0.25) is 0 Å². The van der Waals surface area contributed by atoms with Crippen molar-refractivity contribution in [3.63, 3.8) is 0 Å².